The summed E-state index contributed by atoms with van der Waals surface area (Å²) in [6, 6.07) is 14.3. The number of fused-ring (bicyclic) bond motifs is 1. The molecule has 2 aromatic carbocycles. The van der Waals surface area contributed by atoms with Gasteiger partial charge in [-0.05, 0) is 61.5 Å². The molecule has 0 fully saturated rings. The number of nitrogens with zero attached hydrogens (tertiary/aromatic N) is 2. The second-order valence-electron chi connectivity index (χ2n) is 5.97. The summed E-state index contributed by atoms with van der Waals surface area (Å²) in [4.78, 5) is 17.3. The molecule has 0 aliphatic heterocycles. The van der Waals surface area contributed by atoms with E-state index in [-0.39, 0.29) is 17.4 Å². The van der Waals surface area contributed by atoms with Gasteiger partial charge in [0.1, 0.15) is 5.82 Å². The Kier molecular flexibility index (Phi) is 4.33. The maximum Gasteiger partial charge on any atom is 0.259 e. The Hall–Kier alpha value is -3.25. The molecule has 134 valence electrons. The monoisotopic (exact) mass is 381 g/mol. The maximum atomic E-state index is 13.2. The molecule has 4 rings (SSSR count). The number of anilines is 1. The largest absolute Gasteiger partial charge is 0.335 e. The number of benzene rings is 2. The van der Waals surface area contributed by atoms with Gasteiger partial charge in [-0.3, -0.25) is 4.79 Å². The van der Waals surface area contributed by atoms with E-state index in [1.165, 1.54) is 12.1 Å². The molecule has 5 nitrogen and oxygen atoms in total. The first kappa shape index (κ1) is 17.2. The highest BCUT2D eigenvalue weighted by atomic mass is 35.5. The van der Waals surface area contributed by atoms with Gasteiger partial charge >= 0.3 is 0 Å². The van der Waals surface area contributed by atoms with E-state index in [0.717, 1.165) is 0 Å². The zero-order chi connectivity index (χ0) is 19.0. The Labute approximate surface area is 158 Å². The van der Waals surface area contributed by atoms with E-state index in [4.69, 9.17) is 16.1 Å². The molecule has 0 spiro atoms. The predicted octanol–water partition coefficient (Wildman–Crippen LogP) is 5.24. The number of aryl methyl sites for hydroxylation is 1. The zero-order valence-corrected chi connectivity index (χ0v) is 14.9. The topological polar surface area (TPSA) is 68.0 Å². The molecule has 4 aromatic rings. The van der Waals surface area contributed by atoms with Gasteiger partial charge in [-0.25, -0.2) is 9.37 Å². The van der Waals surface area contributed by atoms with Crippen molar-refractivity contribution < 1.29 is 13.7 Å². The van der Waals surface area contributed by atoms with Crippen molar-refractivity contribution >= 4 is 34.3 Å². The number of rotatable bonds is 3. The Morgan fingerprint density at radius 1 is 1.11 bits per heavy atom. The number of pyridine rings is 1. The third-order valence-electron chi connectivity index (χ3n) is 4.10. The van der Waals surface area contributed by atoms with Crippen molar-refractivity contribution in [2.45, 2.75) is 6.92 Å². The molecule has 0 aliphatic rings. The first-order valence-corrected chi connectivity index (χ1v) is 8.49. The van der Waals surface area contributed by atoms with Crippen LogP contribution in [0.4, 0.5) is 10.1 Å². The molecule has 0 aliphatic carbocycles. The van der Waals surface area contributed by atoms with Crippen molar-refractivity contribution in [3.05, 3.63) is 76.7 Å². The van der Waals surface area contributed by atoms with Crippen LogP contribution in [0.1, 0.15) is 16.1 Å². The summed E-state index contributed by atoms with van der Waals surface area (Å²) >= 11 is 5.88. The average molecular weight is 382 g/mol. The van der Waals surface area contributed by atoms with Crippen molar-refractivity contribution in [1.29, 1.82) is 0 Å². The second kappa shape index (κ2) is 6.81. The molecule has 1 amide bonds. The van der Waals surface area contributed by atoms with Crippen LogP contribution < -0.4 is 5.32 Å². The molecular formula is C20H13ClFN3O2. The van der Waals surface area contributed by atoms with Crippen molar-refractivity contribution in [2.24, 2.45) is 0 Å². The Morgan fingerprint density at radius 3 is 2.52 bits per heavy atom. The molecule has 2 heterocycles. The summed E-state index contributed by atoms with van der Waals surface area (Å²) in [5, 5.41) is 7.85. The van der Waals surface area contributed by atoms with Crippen LogP contribution in [-0.2, 0) is 0 Å². The average Bonchev–Trinajstić information content (AvgIpc) is 3.04. The maximum absolute atomic E-state index is 13.2. The second-order valence-corrected chi connectivity index (χ2v) is 6.41. The molecular weight excluding hydrogens is 369 g/mol. The van der Waals surface area contributed by atoms with Crippen LogP contribution >= 0.6 is 11.6 Å². The number of hydrogen-bond acceptors (Lipinski definition) is 4. The van der Waals surface area contributed by atoms with Gasteiger partial charge in [-0.15, -0.1) is 0 Å². The molecule has 0 unspecified atom stereocenters. The molecule has 0 saturated carbocycles. The van der Waals surface area contributed by atoms with E-state index in [2.05, 4.69) is 15.5 Å². The van der Waals surface area contributed by atoms with Crippen LogP contribution in [0.5, 0.6) is 0 Å². The molecule has 0 bridgehead atoms. The SMILES string of the molecule is Cc1noc2nc(-c3ccc(F)cc3)cc(C(=O)Nc3ccc(Cl)cc3)c12. The normalized spacial score (nSPS) is 10.9. The molecule has 27 heavy (non-hydrogen) atoms. The summed E-state index contributed by atoms with van der Waals surface area (Å²) in [6.45, 7) is 1.74. The van der Waals surface area contributed by atoms with Crippen LogP contribution in [0.2, 0.25) is 5.02 Å². The first-order chi connectivity index (χ1) is 13.0. The number of aromatic nitrogens is 2. The van der Waals surface area contributed by atoms with Gasteiger partial charge in [-0.1, -0.05) is 16.8 Å². The summed E-state index contributed by atoms with van der Waals surface area (Å²) in [5.41, 5.74) is 2.92. The third kappa shape index (κ3) is 3.39. The van der Waals surface area contributed by atoms with E-state index in [1.54, 1.807) is 49.4 Å². The van der Waals surface area contributed by atoms with Crippen molar-refractivity contribution in [1.82, 2.24) is 10.1 Å². The third-order valence-corrected chi connectivity index (χ3v) is 4.36. The molecule has 7 heteroatoms. The van der Waals surface area contributed by atoms with Gasteiger partial charge in [-0.2, -0.15) is 0 Å². The van der Waals surface area contributed by atoms with Gasteiger partial charge in [0.25, 0.3) is 11.6 Å². The van der Waals surface area contributed by atoms with Crippen molar-refractivity contribution in [2.75, 3.05) is 5.32 Å². The lowest BCUT2D eigenvalue weighted by Gasteiger charge is -2.08. The van der Waals surface area contributed by atoms with E-state index in [1.807, 2.05) is 0 Å². The highest BCUT2D eigenvalue weighted by Gasteiger charge is 2.19. The zero-order valence-electron chi connectivity index (χ0n) is 14.2. The van der Waals surface area contributed by atoms with Gasteiger partial charge in [0.15, 0.2) is 0 Å². The predicted molar refractivity (Wildman–Crippen MR) is 101 cm³/mol. The number of carbonyl (C=O) groups is 1. The standard InChI is InChI=1S/C20H13ClFN3O2/c1-11-18-16(19(26)23-15-8-4-13(21)5-9-15)10-17(24-20(18)27-25-11)12-2-6-14(22)7-3-12/h2-10H,1H3,(H,23,26). The fourth-order valence-corrected chi connectivity index (χ4v) is 2.90. The lowest BCUT2D eigenvalue weighted by molar-refractivity contribution is 0.102. The van der Waals surface area contributed by atoms with E-state index in [9.17, 15) is 9.18 Å². The highest BCUT2D eigenvalue weighted by Crippen LogP contribution is 2.28. The lowest BCUT2D eigenvalue weighted by atomic mass is 10.0. The minimum atomic E-state index is -0.351. The van der Waals surface area contributed by atoms with Crippen LogP contribution in [-0.4, -0.2) is 16.0 Å². The molecule has 0 saturated heterocycles. The van der Waals surface area contributed by atoms with Crippen LogP contribution in [0.15, 0.2) is 59.1 Å². The van der Waals surface area contributed by atoms with Crippen LogP contribution in [0.3, 0.4) is 0 Å². The molecule has 0 atom stereocenters. The summed E-state index contributed by atoms with van der Waals surface area (Å²) in [7, 11) is 0. The van der Waals surface area contributed by atoms with E-state index >= 15 is 0 Å². The number of carbonyl (C=O) groups excluding carboxylic acids is 1. The van der Waals surface area contributed by atoms with Crippen molar-refractivity contribution in [3.8, 4) is 11.3 Å². The number of hydrogen-bond donors (Lipinski definition) is 1. The van der Waals surface area contributed by atoms with Crippen LogP contribution in [0.25, 0.3) is 22.4 Å². The van der Waals surface area contributed by atoms with Gasteiger partial charge in [0.2, 0.25) is 0 Å². The Morgan fingerprint density at radius 2 is 1.81 bits per heavy atom. The summed E-state index contributed by atoms with van der Waals surface area (Å²) in [6.07, 6.45) is 0. The smallest absolute Gasteiger partial charge is 0.259 e. The fraction of sp³-hybridized carbons (Fsp3) is 0.0500. The summed E-state index contributed by atoms with van der Waals surface area (Å²) < 4.78 is 18.5. The quantitative estimate of drug-likeness (QED) is 0.526. The Bertz CT molecular complexity index is 1140. The van der Waals surface area contributed by atoms with E-state index in [0.29, 0.717) is 38.6 Å². The number of nitrogens with one attached hydrogen (secondary N) is 1. The lowest BCUT2D eigenvalue weighted by Crippen LogP contribution is -2.13. The van der Waals surface area contributed by atoms with E-state index < -0.39 is 0 Å². The van der Waals surface area contributed by atoms with Gasteiger partial charge in [0.05, 0.1) is 22.3 Å². The van der Waals surface area contributed by atoms with Gasteiger partial charge in [0, 0.05) is 16.3 Å². The number of amides is 1. The Balaban J connectivity index is 1.80. The number of halogens is 2. The van der Waals surface area contributed by atoms with Crippen molar-refractivity contribution in [3.63, 3.8) is 0 Å². The molecule has 2 aromatic heterocycles. The fourth-order valence-electron chi connectivity index (χ4n) is 2.77. The molecule has 0 radical (unpaired) electrons. The highest BCUT2D eigenvalue weighted by molar-refractivity contribution is 6.30. The van der Waals surface area contributed by atoms with Gasteiger partial charge < -0.3 is 9.84 Å². The minimum Gasteiger partial charge on any atom is -0.335 e. The van der Waals surface area contributed by atoms with Crippen LogP contribution in [0, 0.1) is 12.7 Å². The summed E-state index contributed by atoms with van der Waals surface area (Å²) in [5.74, 6) is -0.685. The molecule has 1 N–H and O–H groups in total. The minimum absolute atomic E-state index is 0.246. The first-order valence-electron chi connectivity index (χ1n) is 8.11.